The molecule has 0 rings (SSSR count). The molecular formula is C10H14O8. The van der Waals surface area contributed by atoms with Crippen LogP contribution in [-0.2, 0) is 33.4 Å². The summed E-state index contributed by atoms with van der Waals surface area (Å²) in [6.07, 6.45) is -2.25. The van der Waals surface area contributed by atoms with E-state index in [9.17, 15) is 19.2 Å². The second kappa shape index (κ2) is 8.18. The first-order valence-electron chi connectivity index (χ1n) is 5.03. The Morgan fingerprint density at radius 2 is 1.78 bits per heavy atom. The van der Waals surface area contributed by atoms with Crippen LogP contribution in [0.3, 0.4) is 0 Å². The molecule has 0 saturated carbocycles. The van der Waals surface area contributed by atoms with Crippen LogP contribution >= 0.6 is 0 Å². The summed E-state index contributed by atoms with van der Waals surface area (Å²) in [6, 6.07) is 0. The molecular weight excluding hydrogens is 248 g/mol. The number of carbonyl (C=O) groups excluding carboxylic acids is 4. The highest BCUT2D eigenvalue weighted by atomic mass is 16.6. The zero-order valence-corrected chi connectivity index (χ0v) is 9.95. The van der Waals surface area contributed by atoms with E-state index in [1.54, 1.807) is 0 Å². The van der Waals surface area contributed by atoms with Gasteiger partial charge in [0.25, 0.3) is 0 Å². The van der Waals surface area contributed by atoms with Crippen LogP contribution in [0.5, 0.6) is 0 Å². The van der Waals surface area contributed by atoms with E-state index < -0.39 is 43.3 Å². The third kappa shape index (κ3) is 6.59. The monoisotopic (exact) mass is 262 g/mol. The fraction of sp³-hybridized carbons (Fsp3) is 0.600. The van der Waals surface area contributed by atoms with Crippen LogP contribution in [-0.4, -0.2) is 54.7 Å². The van der Waals surface area contributed by atoms with Crippen LogP contribution < -0.4 is 0 Å². The van der Waals surface area contributed by atoms with E-state index in [0.717, 1.165) is 0 Å². The topological polar surface area (TPSA) is 116 Å². The molecule has 0 fully saturated rings. The lowest BCUT2D eigenvalue weighted by Crippen LogP contribution is -2.32. The van der Waals surface area contributed by atoms with E-state index in [4.69, 9.17) is 5.11 Å². The quantitative estimate of drug-likeness (QED) is 0.337. The highest BCUT2D eigenvalue weighted by molar-refractivity contribution is 5.82. The van der Waals surface area contributed by atoms with Gasteiger partial charge >= 0.3 is 17.9 Å². The molecule has 102 valence electrons. The molecule has 0 heterocycles. The van der Waals surface area contributed by atoms with Gasteiger partial charge in [-0.05, 0) is 13.8 Å². The predicted molar refractivity (Wildman–Crippen MR) is 55.2 cm³/mol. The normalized spacial score (nSPS) is 13.1. The summed E-state index contributed by atoms with van der Waals surface area (Å²) in [7, 11) is 0. The van der Waals surface area contributed by atoms with Gasteiger partial charge in [-0.3, -0.25) is 4.79 Å². The molecule has 8 heteroatoms. The summed E-state index contributed by atoms with van der Waals surface area (Å²) in [6.45, 7) is 1.28. The second-order valence-electron chi connectivity index (χ2n) is 3.21. The van der Waals surface area contributed by atoms with Crippen molar-refractivity contribution in [3.63, 3.8) is 0 Å². The fourth-order valence-electron chi connectivity index (χ4n) is 0.737. The molecule has 2 unspecified atom stereocenters. The number of aliphatic hydroxyl groups excluding tert-OH is 1. The van der Waals surface area contributed by atoms with Gasteiger partial charge in [-0.15, -0.1) is 0 Å². The van der Waals surface area contributed by atoms with E-state index >= 15 is 0 Å². The Morgan fingerprint density at radius 1 is 1.17 bits per heavy atom. The lowest BCUT2D eigenvalue weighted by Gasteiger charge is -2.13. The molecule has 8 nitrogen and oxygen atoms in total. The van der Waals surface area contributed by atoms with Crippen LogP contribution in [0.2, 0.25) is 0 Å². The molecule has 0 aliphatic carbocycles. The molecule has 0 amide bonds. The van der Waals surface area contributed by atoms with Crippen molar-refractivity contribution in [2.75, 3.05) is 13.2 Å². The standard InChI is InChI=1S/C10H14O8/c1-6(12)9(14)18-7(2)10(15)17-5-8(13)16-4-3-11/h3,6-7,12H,4-5H2,1-2H3. The minimum Gasteiger partial charge on any atom is -0.455 e. The highest BCUT2D eigenvalue weighted by Crippen LogP contribution is 1.98. The van der Waals surface area contributed by atoms with Crippen LogP contribution in [0.25, 0.3) is 0 Å². The maximum atomic E-state index is 11.2. The van der Waals surface area contributed by atoms with Gasteiger partial charge in [-0.2, -0.15) is 0 Å². The van der Waals surface area contributed by atoms with Crippen molar-refractivity contribution in [1.82, 2.24) is 0 Å². The number of aliphatic hydroxyl groups is 1. The molecule has 0 aromatic rings. The van der Waals surface area contributed by atoms with E-state index in [1.807, 2.05) is 0 Å². The van der Waals surface area contributed by atoms with Gasteiger partial charge in [-0.1, -0.05) is 0 Å². The van der Waals surface area contributed by atoms with Crippen LogP contribution in [0.1, 0.15) is 13.8 Å². The van der Waals surface area contributed by atoms with Gasteiger partial charge in [0.1, 0.15) is 12.7 Å². The summed E-state index contributed by atoms with van der Waals surface area (Å²) in [5.41, 5.74) is 0. The van der Waals surface area contributed by atoms with Crippen molar-refractivity contribution in [2.24, 2.45) is 0 Å². The second-order valence-corrected chi connectivity index (χ2v) is 3.21. The number of aldehydes is 1. The van der Waals surface area contributed by atoms with E-state index in [-0.39, 0.29) is 0 Å². The molecule has 1 N–H and O–H groups in total. The Labute approximate surface area is 103 Å². The van der Waals surface area contributed by atoms with Crippen LogP contribution in [0, 0.1) is 0 Å². The molecule has 0 spiro atoms. The van der Waals surface area contributed by atoms with Gasteiger partial charge in [-0.25, -0.2) is 14.4 Å². The molecule has 0 bridgehead atoms. The molecule has 2 atom stereocenters. The number of carbonyl (C=O) groups is 4. The van der Waals surface area contributed by atoms with Crippen molar-refractivity contribution >= 4 is 24.2 Å². The maximum Gasteiger partial charge on any atom is 0.347 e. The molecule has 18 heavy (non-hydrogen) atoms. The van der Waals surface area contributed by atoms with Crippen molar-refractivity contribution in [2.45, 2.75) is 26.1 Å². The van der Waals surface area contributed by atoms with Crippen molar-refractivity contribution in [3.8, 4) is 0 Å². The lowest BCUT2D eigenvalue weighted by molar-refractivity contribution is -0.174. The van der Waals surface area contributed by atoms with Gasteiger partial charge < -0.3 is 19.3 Å². The summed E-state index contributed by atoms with van der Waals surface area (Å²) in [4.78, 5) is 42.9. The van der Waals surface area contributed by atoms with Crippen molar-refractivity contribution in [1.29, 1.82) is 0 Å². The molecule has 0 aliphatic rings. The summed E-state index contributed by atoms with van der Waals surface area (Å²) in [5.74, 6) is -2.85. The fourth-order valence-corrected chi connectivity index (χ4v) is 0.737. The third-order valence-electron chi connectivity index (χ3n) is 1.61. The molecule has 0 aromatic heterocycles. The highest BCUT2D eigenvalue weighted by Gasteiger charge is 2.22. The number of hydrogen-bond donors (Lipinski definition) is 1. The summed E-state index contributed by atoms with van der Waals surface area (Å²) < 4.78 is 13.3. The first-order valence-corrected chi connectivity index (χ1v) is 5.03. The third-order valence-corrected chi connectivity index (χ3v) is 1.61. The number of hydrogen-bond acceptors (Lipinski definition) is 8. The van der Waals surface area contributed by atoms with Gasteiger partial charge in [0.2, 0.25) is 0 Å². The summed E-state index contributed by atoms with van der Waals surface area (Å²) in [5, 5.41) is 8.83. The predicted octanol–water partition coefficient (Wildman–Crippen LogP) is -1.42. The van der Waals surface area contributed by atoms with Crippen molar-refractivity contribution < 1.29 is 38.5 Å². The average Bonchev–Trinajstić information content (AvgIpc) is 2.32. The molecule has 0 aromatic carbocycles. The number of esters is 3. The van der Waals surface area contributed by atoms with Gasteiger partial charge in [0, 0.05) is 0 Å². The average molecular weight is 262 g/mol. The van der Waals surface area contributed by atoms with E-state index in [1.165, 1.54) is 13.8 Å². The zero-order valence-electron chi connectivity index (χ0n) is 9.95. The lowest BCUT2D eigenvalue weighted by atomic mass is 10.4. The first-order chi connectivity index (χ1) is 8.38. The minimum atomic E-state index is -1.36. The van der Waals surface area contributed by atoms with Gasteiger partial charge in [0.15, 0.2) is 19.0 Å². The maximum absolute atomic E-state index is 11.2. The Balaban J connectivity index is 3.98. The largest absolute Gasteiger partial charge is 0.455 e. The SMILES string of the molecule is CC(O)C(=O)OC(C)C(=O)OCC(=O)OCC=O. The molecule has 0 saturated heterocycles. The first kappa shape index (κ1) is 16.0. The van der Waals surface area contributed by atoms with E-state index in [0.29, 0.717) is 6.29 Å². The molecule has 0 radical (unpaired) electrons. The minimum absolute atomic E-state index is 0.368. The Kier molecular flexibility index (Phi) is 7.29. The Hall–Kier alpha value is -1.96. The Bertz CT molecular complexity index is 322. The zero-order chi connectivity index (χ0) is 14.1. The smallest absolute Gasteiger partial charge is 0.347 e. The van der Waals surface area contributed by atoms with Crippen molar-refractivity contribution in [3.05, 3.63) is 0 Å². The number of ether oxygens (including phenoxy) is 3. The van der Waals surface area contributed by atoms with Crippen LogP contribution in [0.4, 0.5) is 0 Å². The van der Waals surface area contributed by atoms with Gasteiger partial charge in [0.05, 0.1) is 0 Å². The van der Waals surface area contributed by atoms with E-state index in [2.05, 4.69) is 14.2 Å². The van der Waals surface area contributed by atoms with Crippen LogP contribution in [0.15, 0.2) is 0 Å². The Morgan fingerprint density at radius 3 is 2.28 bits per heavy atom. The molecule has 0 aliphatic heterocycles. The number of rotatable bonds is 7. The summed E-state index contributed by atoms with van der Waals surface area (Å²) >= 11 is 0.